The molecular weight excluding hydrogens is 551 g/mol. The first kappa shape index (κ1) is 28.1. The molecule has 2 aliphatic rings. The largest absolute Gasteiger partial charge is 0.511 e. The quantitative estimate of drug-likeness (QED) is 0.249. The van der Waals surface area contributed by atoms with Gasteiger partial charge in [0.25, 0.3) is 0 Å². The number of nitrogens with zero attached hydrogens (tertiary/aromatic N) is 4. The fourth-order valence-corrected chi connectivity index (χ4v) is 6.78. The summed E-state index contributed by atoms with van der Waals surface area (Å²) in [5, 5.41) is 10.0. The first-order valence-electron chi connectivity index (χ1n) is 13.3. The second-order valence-corrected chi connectivity index (χ2v) is 11.8. The molecule has 0 radical (unpaired) electrons. The van der Waals surface area contributed by atoms with E-state index in [1.807, 2.05) is 23.1 Å². The van der Waals surface area contributed by atoms with Gasteiger partial charge in [0, 0.05) is 44.3 Å². The van der Waals surface area contributed by atoms with Gasteiger partial charge in [-0.05, 0) is 72.2 Å². The van der Waals surface area contributed by atoms with Gasteiger partial charge >= 0.3 is 12.2 Å². The number of piperidine rings is 1. The van der Waals surface area contributed by atoms with Crippen molar-refractivity contribution in [2.45, 2.75) is 50.6 Å². The Morgan fingerprint density at radius 2 is 1.70 bits per heavy atom. The average molecular weight is 584 g/mol. The van der Waals surface area contributed by atoms with Crippen LogP contribution in [0.5, 0.6) is 5.75 Å². The number of amides is 2. The number of fused-ring (bicyclic) bond motifs is 1. The minimum Gasteiger partial charge on any atom is -0.449 e. The lowest BCUT2D eigenvalue weighted by molar-refractivity contribution is 0.129. The first-order chi connectivity index (χ1) is 19.1. The zero-order chi connectivity index (χ0) is 28.6. The normalized spacial score (nSPS) is 18.2. The Morgan fingerprint density at radius 3 is 2.33 bits per heavy atom. The summed E-state index contributed by atoms with van der Waals surface area (Å²) in [6.07, 6.45) is 4.39. The number of halogens is 2. The number of carbonyl (C=O) groups excluding carboxylic acids is 1. The monoisotopic (exact) mass is 582 g/mol. The molecule has 0 spiro atoms. The Bertz CT molecular complexity index is 1390. The van der Waals surface area contributed by atoms with Gasteiger partial charge in [0.05, 0.1) is 21.8 Å². The Hall–Kier alpha value is -3.49. The van der Waals surface area contributed by atoms with E-state index in [-0.39, 0.29) is 29.3 Å². The predicted octanol–water partition coefficient (Wildman–Crippen LogP) is 7.40. The van der Waals surface area contributed by atoms with Crippen molar-refractivity contribution in [2.24, 2.45) is 0 Å². The standard InChI is InChI=1S/C30H32Cl2N4O4/c1-30(2)18-26(22-17-21(40-29(38)39)7-8-23(22)30)36(28(37)34(3)27-24(31)5-4-6-25(27)32)20-11-15-35(16-12-20)19-9-13-33-14-10-19/h4-10,13-14,17,20,26H,11-12,15-16,18H2,1-3H3,(H,38,39). The molecule has 1 aromatic heterocycles. The molecular formula is C30H32Cl2N4O4. The van der Waals surface area contributed by atoms with Crippen LogP contribution in [0.4, 0.5) is 21.0 Å². The Kier molecular flexibility index (Phi) is 7.84. The lowest BCUT2D eigenvalue weighted by Gasteiger charge is -2.44. The van der Waals surface area contributed by atoms with Crippen molar-refractivity contribution in [1.82, 2.24) is 9.88 Å². The maximum absolute atomic E-state index is 14.5. The third-order valence-corrected chi connectivity index (χ3v) is 8.63. The summed E-state index contributed by atoms with van der Waals surface area (Å²) in [7, 11) is 1.69. The van der Waals surface area contributed by atoms with Crippen molar-refractivity contribution in [2.75, 3.05) is 29.9 Å². The SMILES string of the molecule is CN(C(=O)N(C1CCN(c2ccncc2)CC1)C1CC(C)(C)c2ccc(OC(=O)O)cc21)c1c(Cl)cccc1Cl. The molecule has 5 rings (SSSR count). The number of anilines is 2. The van der Waals surface area contributed by atoms with Crippen molar-refractivity contribution in [3.8, 4) is 5.75 Å². The third kappa shape index (κ3) is 5.43. The molecule has 1 N–H and O–H groups in total. The van der Waals surface area contributed by atoms with Crippen LogP contribution in [0.3, 0.4) is 0 Å². The van der Waals surface area contributed by atoms with Crippen molar-refractivity contribution in [3.05, 3.63) is 82.1 Å². The molecule has 1 aliphatic heterocycles. The van der Waals surface area contributed by atoms with Crippen LogP contribution >= 0.6 is 23.2 Å². The van der Waals surface area contributed by atoms with Crippen LogP contribution in [0.25, 0.3) is 0 Å². The van der Waals surface area contributed by atoms with Crippen LogP contribution in [0.1, 0.15) is 50.3 Å². The van der Waals surface area contributed by atoms with Gasteiger partial charge in [-0.1, -0.05) is 49.2 Å². The van der Waals surface area contributed by atoms with Gasteiger partial charge in [0.15, 0.2) is 0 Å². The molecule has 8 nitrogen and oxygen atoms in total. The van der Waals surface area contributed by atoms with E-state index in [0.29, 0.717) is 22.2 Å². The zero-order valence-electron chi connectivity index (χ0n) is 22.7. The average Bonchev–Trinajstić information content (AvgIpc) is 3.18. The van der Waals surface area contributed by atoms with E-state index in [1.54, 1.807) is 49.8 Å². The molecule has 1 unspecified atom stereocenters. The van der Waals surface area contributed by atoms with Gasteiger partial charge in [-0.15, -0.1) is 0 Å². The molecule has 10 heteroatoms. The van der Waals surface area contributed by atoms with Gasteiger partial charge in [-0.3, -0.25) is 9.88 Å². The van der Waals surface area contributed by atoms with E-state index in [9.17, 15) is 14.7 Å². The molecule has 2 amide bonds. The molecule has 2 aromatic carbocycles. The van der Waals surface area contributed by atoms with E-state index in [0.717, 1.165) is 42.7 Å². The lowest BCUT2D eigenvalue weighted by atomic mass is 9.86. The fourth-order valence-electron chi connectivity index (χ4n) is 6.13. The number of pyridine rings is 1. The summed E-state index contributed by atoms with van der Waals surface area (Å²) < 4.78 is 5.01. The Morgan fingerprint density at radius 1 is 1.05 bits per heavy atom. The number of urea groups is 1. The summed E-state index contributed by atoms with van der Waals surface area (Å²) >= 11 is 13.0. The predicted molar refractivity (Wildman–Crippen MR) is 157 cm³/mol. The number of hydrogen-bond donors (Lipinski definition) is 1. The van der Waals surface area contributed by atoms with Gasteiger partial charge in [0.2, 0.25) is 0 Å². The first-order valence-corrected chi connectivity index (χ1v) is 14.0. The summed E-state index contributed by atoms with van der Waals surface area (Å²) in [4.78, 5) is 35.7. The van der Waals surface area contributed by atoms with Crippen molar-refractivity contribution in [1.29, 1.82) is 0 Å². The number of carboxylic acid groups (broad SMARTS) is 1. The molecule has 0 saturated carbocycles. The molecule has 1 saturated heterocycles. The minimum absolute atomic E-state index is 0.0647. The van der Waals surface area contributed by atoms with Crippen LogP contribution < -0.4 is 14.5 Å². The van der Waals surface area contributed by atoms with Gasteiger partial charge in [-0.25, -0.2) is 9.59 Å². The van der Waals surface area contributed by atoms with Crippen LogP contribution in [-0.2, 0) is 5.41 Å². The number of rotatable bonds is 5. The molecule has 40 heavy (non-hydrogen) atoms. The number of benzene rings is 2. The number of hydrogen-bond acceptors (Lipinski definition) is 5. The molecule has 1 fully saturated rings. The van der Waals surface area contributed by atoms with E-state index in [4.69, 9.17) is 27.9 Å². The van der Waals surface area contributed by atoms with E-state index in [1.165, 1.54) is 4.90 Å². The number of carbonyl (C=O) groups is 2. The van der Waals surface area contributed by atoms with Crippen LogP contribution in [0.15, 0.2) is 60.9 Å². The van der Waals surface area contributed by atoms with Gasteiger partial charge in [0.1, 0.15) is 5.75 Å². The minimum atomic E-state index is -1.38. The van der Waals surface area contributed by atoms with Crippen LogP contribution in [0.2, 0.25) is 10.0 Å². The van der Waals surface area contributed by atoms with E-state index < -0.39 is 6.16 Å². The zero-order valence-corrected chi connectivity index (χ0v) is 24.2. The van der Waals surface area contributed by atoms with Gasteiger partial charge in [-0.2, -0.15) is 0 Å². The highest BCUT2D eigenvalue weighted by molar-refractivity contribution is 6.39. The highest BCUT2D eigenvalue weighted by atomic mass is 35.5. The molecule has 1 aliphatic carbocycles. The fraction of sp³-hybridized carbons (Fsp3) is 0.367. The highest BCUT2D eigenvalue weighted by Crippen LogP contribution is 2.50. The Labute approximate surface area is 244 Å². The number of para-hydroxylation sites is 1. The molecule has 1 atom stereocenters. The van der Waals surface area contributed by atoms with Crippen LogP contribution in [-0.4, -0.2) is 53.4 Å². The van der Waals surface area contributed by atoms with Crippen molar-refractivity contribution in [3.63, 3.8) is 0 Å². The summed E-state index contributed by atoms with van der Waals surface area (Å²) in [6, 6.07) is 13.9. The summed E-state index contributed by atoms with van der Waals surface area (Å²) in [6.45, 7) is 5.85. The van der Waals surface area contributed by atoms with E-state index >= 15 is 0 Å². The molecule has 0 bridgehead atoms. The molecule has 210 valence electrons. The highest BCUT2D eigenvalue weighted by Gasteiger charge is 2.45. The maximum Gasteiger partial charge on any atom is 0.511 e. The topological polar surface area (TPSA) is 86.2 Å². The number of aromatic nitrogens is 1. The summed E-state index contributed by atoms with van der Waals surface area (Å²) in [5.41, 5.74) is 3.29. The number of ether oxygens (including phenoxy) is 1. The molecule has 3 aromatic rings. The van der Waals surface area contributed by atoms with Crippen molar-refractivity contribution < 1.29 is 19.4 Å². The molecule has 2 heterocycles. The maximum atomic E-state index is 14.5. The van der Waals surface area contributed by atoms with Crippen LogP contribution in [0, 0.1) is 0 Å². The third-order valence-electron chi connectivity index (χ3n) is 8.02. The smallest absolute Gasteiger partial charge is 0.449 e. The Balaban J connectivity index is 1.53. The second-order valence-electron chi connectivity index (χ2n) is 11.0. The van der Waals surface area contributed by atoms with Crippen molar-refractivity contribution >= 4 is 46.8 Å². The van der Waals surface area contributed by atoms with Gasteiger partial charge < -0.3 is 19.6 Å². The lowest BCUT2D eigenvalue weighted by Crippen LogP contribution is -2.52. The summed E-state index contributed by atoms with van der Waals surface area (Å²) in [5.74, 6) is 0.233. The second kappa shape index (κ2) is 11.2. The van der Waals surface area contributed by atoms with E-state index in [2.05, 4.69) is 23.7 Å².